The Labute approximate surface area is 110 Å². The van der Waals surface area contributed by atoms with E-state index in [9.17, 15) is 0 Å². The zero-order valence-corrected chi connectivity index (χ0v) is 11.4. The summed E-state index contributed by atoms with van der Waals surface area (Å²) in [5.41, 5.74) is 2.92. The summed E-state index contributed by atoms with van der Waals surface area (Å²) in [4.78, 5) is 1.45. The molecule has 0 radical (unpaired) electrons. The number of hydrogen-bond acceptors (Lipinski definition) is 3. The molecule has 1 N–H and O–H groups in total. The average molecular weight is 261 g/mol. The van der Waals surface area contributed by atoms with Crippen molar-refractivity contribution in [3.63, 3.8) is 0 Å². The summed E-state index contributed by atoms with van der Waals surface area (Å²) in [5.74, 6) is 1.77. The quantitative estimate of drug-likeness (QED) is 0.899. The van der Waals surface area contributed by atoms with Crippen LogP contribution in [-0.2, 0) is 0 Å². The van der Waals surface area contributed by atoms with E-state index < -0.39 is 0 Å². The number of thioether (sulfide) groups is 1. The van der Waals surface area contributed by atoms with Crippen LogP contribution in [-0.4, -0.2) is 12.8 Å². The van der Waals surface area contributed by atoms with Crippen LogP contribution in [0.1, 0.15) is 23.1 Å². The molecule has 1 aromatic carbocycles. The molecule has 0 bridgehead atoms. The van der Waals surface area contributed by atoms with Crippen molar-refractivity contribution in [2.24, 2.45) is 0 Å². The van der Waals surface area contributed by atoms with Crippen LogP contribution in [0.2, 0.25) is 0 Å². The van der Waals surface area contributed by atoms with Crippen molar-refractivity contribution in [1.82, 2.24) is 5.32 Å². The van der Waals surface area contributed by atoms with E-state index in [1.807, 2.05) is 11.8 Å². The van der Waals surface area contributed by atoms with Crippen molar-refractivity contribution < 1.29 is 0 Å². The fourth-order valence-electron chi connectivity index (χ4n) is 2.52. The van der Waals surface area contributed by atoms with Crippen LogP contribution in [0.4, 0.5) is 0 Å². The van der Waals surface area contributed by atoms with Gasteiger partial charge in [-0.25, -0.2) is 0 Å². The Morgan fingerprint density at radius 2 is 2.18 bits per heavy atom. The van der Waals surface area contributed by atoms with Crippen LogP contribution in [0.25, 0.3) is 0 Å². The van der Waals surface area contributed by atoms with Crippen molar-refractivity contribution in [1.29, 1.82) is 0 Å². The number of benzene rings is 1. The first-order chi connectivity index (χ1) is 8.40. The normalized spacial score (nSPS) is 20.2. The summed E-state index contributed by atoms with van der Waals surface area (Å²) in [6, 6.07) is 11.5. The molecule has 0 saturated heterocycles. The van der Waals surface area contributed by atoms with Crippen molar-refractivity contribution >= 4 is 23.1 Å². The number of nitrogens with one attached hydrogen (secondary N) is 1. The molecule has 0 aliphatic carbocycles. The van der Waals surface area contributed by atoms with Crippen LogP contribution in [0, 0.1) is 0 Å². The lowest BCUT2D eigenvalue weighted by molar-refractivity contribution is 0.516. The number of likely N-dealkylation sites (N-methyl/N-ethyl adjacent to an activating group) is 1. The van der Waals surface area contributed by atoms with E-state index in [0.717, 1.165) is 0 Å². The maximum atomic E-state index is 3.48. The third-order valence-electron chi connectivity index (χ3n) is 3.35. The van der Waals surface area contributed by atoms with Crippen LogP contribution < -0.4 is 5.32 Å². The molecule has 0 amide bonds. The molecule has 0 fully saturated rings. The monoisotopic (exact) mass is 261 g/mol. The molecule has 0 saturated carbocycles. The van der Waals surface area contributed by atoms with Gasteiger partial charge in [0.25, 0.3) is 0 Å². The molecular formula is C14H15NS2. The first kappa shape index (κ1) is 11.3. The van der Waals surface area contributed by atoms with Gasteiger partial charge in [-0.15, -0.1) is 11.8 Å². The number of rotatable bonds is 3. The summed E-state index contributed by atoms with van der Waals surface area (Å²) < 4.78 is 0. The average Bonchev–Trinajstić information content (AvgIpc) is 3.01. The third-order valence-corrected chi connectivity index (χ3v) is 5.26. The lowest BCUT2D eigenvalue weighted by Gasteiger charge is -2.22. The largest absolute Gasteiger partial charge is 0.312 e. The van der Waals surface area contributed by atoms with Crippen LogP contribution in [0.5, 0.6) is 0 Å². The zero-order chi connectivity index (χ0) is 11.7. The second-order valence-electron chi connectivity index (χ2n) is 4.28. The number of hydrogen-bond donors (Lipinski definition) is 1. The Hall–Kier alpha value is -0.770. The van der Waals surface area contributed by atoms with E-state index in [1.54, 1.807) is 11.3 Å². The smallest absolute Gasteiger partial charge is 0.0403 e. The maximum absolute atomic E-state index is 3.48. The Balaban J connectivity index is 1.95. The first-order valence-electron chi connectivity index (χ1n) is 5.81. The lowest BCUT2D eigenvalue weighted by Crippen LogP contribution is -2.23. The highest BCUT2D eigenvalue weighted by atomic mass is 32.2. The minimum Gasteiger partial charge on any atom is -0.312 e. The van der Waals surface area contributed by atoms with E-state index in [1.165, 1.54) is 21.8 Å². The summed E-state index contributed by atoms with van der Waals surface area (Å²) in [5, 5.41) is 7.90. The molecule has 1 aliphatic heterocycles. The topological polar surface area (TPSA) is 12.0 Å². The fraction of sp³-hybridized carbons (Fsp3) is 0.286. The van der Waals surface area contributed by atoms with Gasteiger partial charge in [0.05, 0.1) is 0 Å². The molecule has 1 nitrogen and oxygen atoms in total. The molecule has 1 aliphatic rings. The van der Waals surface area contributed by atoms with Gasteiger partial charge in [0, 0.05) is 22.6 Å². The van der Waals surface area contributed by atoms with Crippen LogP contribution >= 0.6 is 23.1 Å². The fourth-order valence-corrected chi connectivity index (χ4v) is 4.50. The summed E-state index contributed by atoms with van der Waals surface area (Å²) in [6.45, 7) is 0. The van der Waals surface area contributed by atoms with Crippen LogP contribution in [0.15, 0.2) is 46.0 Å². The second-order valence-corrected chi connectivity index (χ2v) is 6.12. The molecule has 2 aromatic rings. The predicted octanol–water partition coefficient (Wildman–Crippen LogP) is 3.90. The Morgan fingerprint density at radius 3 is 2.94 bits per heavy atom. The highest BCUT2D eigenvalue weighted by molar-refractivity contribution is 7.99. The highest BCUT2D eigenvalue weighted by Gasteiger charge is 2.30. The Bertz CT molecular complexity index is 493. The molecule has 0 spiro atoms. The van der Waals surface area contributed by atoms with Gasteiger partial charge in [-0.1, -0.05) is 18.2 Å². The molecule has 3 rings (SSSR count). The van der Waals surface area contributed by atoms with Crippen molar-refractivity contribution in [2.45, 2.75) is 16.9 Å². The summed E-state index contributed by atoms with van der Waals surface area (Å²) in [7, 11) is 2.06. The van der Waals surface area contributed by atoms with Crippen LogP contribution in [0.3, 0.4) is 0 Å². The Kier molecular flexibility index (Phi) is 3.23. The molecular weight excluding hydrogens is 246 g/mol. The highest BCUT2D eigenvalue weighted by Crippen LogP contribution is 2.45. The van der Waals surface area contributed by atoms with Gasteiger partial charge in [0.2, 0.25) is 0 Å². The van der Waals surface area contributed by atoms with Crippen molar-refractivity contribution in [2.75, 3.05) is 12.8 Å². The van der Waals surface area contributed by atoms with Crippen molar-refractivity contribution in [3.05, 3.63) is 52.2 Å². The number of thiophene rings is 1. The van der Waals surface area contributed by atoms with Gasteiger partial charge in [0.15, 0.2) is 0 Å². The summed E-state index contributed by atoms with van der Waals surface area (Å²) >= 11 is 3.76. The minimum absolute atomic E-state index is 0.442. The van der Waals surface area contributed by atoms with Gasteiger partial charge >= 0.3 is 0 Å². The van der Waals surface area contributed by atoms with Gasteiger partial charge < -0.3 is 5.32 Å². The van der Waals surface area contributed by atoms with Gasteiger partial charge in [0.1, 0.15) is 0 Å². The molecule has 2 heterocycles. The molecule has 88 valence electrons. The van der Waals surface area contributed by atoms with E-state index in [0.29, 0.717) is 12.0 Å². The lowest BCUT2D eigenvalue weighted by atomic mass is 9.90. The van der Waals surface area contributed by atoms with Gasteiger partial charge in [-0.05, 0) is 41.1 Å². The SMILES string of the molecule is CNC(c1ccsc1)C1CSc2ccccc21. The zero-order valence-electron chi connectivity index (χ0n) is 9.72. The molecule has 17 heavy (non-hydrogen) atoms. The molecule has 2 unspecified atom stereocenters. The second kappa shape index (κ2) is 4.84. The Morgan fingerprint density at radius 1 is 1.29 bits per heavy atom. The van der Waals surface area contributed by atoms with E-state index >= 15 is 0 Å². The maximum Gasteiger partial charge on any atom is 0.0403 e. The summed E-state index contributed by atoms with van der Waals surface area (Å²) in [6.07, 6.45) is 0. The molecule has 1 aromatic heterocycles. The third kappa shape index (κ3) is 2.03. The van der Waals surface area contributed by atoms with Gasteiger partial charge in [-0.3, -0.25) is 0 Å². The van der Waals surface area contributed by atoms with E-state index in [-0.39, 0.29) is 0 Å². The standard InChI is InChI=1S/C14H15NS2/c1-15-14(10-6-7-16-8-10)12-9-17-13-5-3-2-4-11(12)13/h2-8,12,14-15H,9H2,1H3. The minimum atomic E-state index is 0.442. The van der Waals surface area contributed by atoms with Gasteiger partial charge in [-0.2, -0.15) is 11.3 Å². The first-order valence-corrected chi connectivity index (χ1v) is 7.74. The molecule has 3 heteroatoms. The predicted molar refractivity (Wildman–Crippen MR) is 76.0 cm³/mol. The number of fused-ring (bicyclic) bond motifs is 1. The van der Waals surface area contributed by atoms with E-state index in [4.69, 9.17) is 0 Å². The van der Waals surface area contributed by atoms with E-state index in [2.05, 4.69) is 53.5 Å². The molecule has 2 atom stereocenters. The van der Waals surface area contributed by atoms with Crippen molar-refractivity contribution in [3.8, 4) is 0 Å².